The topological polar surface area (TPSA) is 58.6 Å². The minimum absolute atomic E-state index is 0.0520. The summed E-state index contributed by atoms with van der Waals surface area (Å²) in [4.78, 5) is 10.7. The van der Waals surface area contributed by atoms with Crippen molar-refractivity contribution >= 4 is 5.97 Å². The Bertz CT molecular complexity index is 374. The van der Waals surface area contributed by atoms with Crippen molar-refractivity contribution in [1.82, 2.24) is 5.32 Å². The SMILES string of the molecule is Cc1ccc(O[C@@H]2CN[C@H](C(=O)O)C2)cc1. The normalized spacial score (nSPS) is 24.3. The lowest BCUT2D eigenvalue weighted by Gasteiger charge is -2.12. The van der Waals surface area contributed by atoms with E-state index in [1.807, 2.05) is 31.2 Å². The number of aryl methyl sites for hydroxylation is 1. The van der Waals surface area contributed by atoms with Crippen LogP contribution in [0.1, 0.15) is 12.0 Å². The molecule has 4 heteroatoms. The number of hydrogen-bond acceptors (Lipinski definition) is 3. The van der Waals surface area contributed by atoms with Crippen LogP contribution in [-0.4, -0.2) is 29.8 Å². The first-order valence-electron chi connectivity index (χ1n) is 5.34. The average molecular weight is 221 g/mol. The molecular weight excluding hydrogens is 206 g/mol. The van der Waals surface area contributed by atoms with Gasteiger partial charge in [-0.15, -0.1) is 0 Å². The Morgan fingerprint density at radius 1 is 1.44 bits per heavy atom. The first kappa shape index (κ1) is 11.0. The molecule has 1 aliphatic heterocycles. The summed E-state index contributed by atoms with van der Waals surface area (Å²) < 4.78 is 5.68. The predicted molar refractivity (Wildman–Crippen MR) is 59.6 cm³/mol. The Kier molecular flexibility index (Phi) is 3.10. The summed E-state index contributed by atoms with van der Waals surface area (Å²) in [5.41, 5.74) is 1.18. The fraction of sp³-hybridized carbons (Fsp3) is 0.417. The van der Waals surface area contributed by atoms with Crippen LogP contribution in [0.5, 0.6) is 5.75 Å². The predicted octanol–water partition coefficient (Wildman–Crippen LogP) is 1.19. The van der Waals surface area contributed by atoms with E-state index in [4.69, 9.17) is 9.84 Å². The van der Waals surface area contributed by atoms with Gasteiger partial charge in [-0.3, -0.25) is 4.79 Å². The summed E-state index contributed by atoms with van der Waals surface area (Å²) in [6, 6.07) is 7.29. The van der Waals surface area contributed by atoms with E-state index in [2.05, 4.69) is 5.32 Å². The maximum atomic E-state index is 10.7. The monoisotopic (exact) mass is 221 g/mol. The number of aliphatic carboxylic acids is 1. The molecule has 2 rings (SSSR count). The molecule has 2 atom stereocenters. The number of carboxylic acids is 1. The van der Waals surface area contributed by atoms with Crippen LogP contribution in [0.25, 0.3) is 0 Å². The maximum absolute atomic E-state index is 10.7. The highest BCUT2D eigenvalue weighted by Gasteiger charge is 2.30. The molecule has 1 aliphatic rings. The Morgan fingerprint density at radius 2 is 2.12 bits per heavy atom. The van der Waals surface area contributed by atoms with Crippen LogP contribution in [0, 0.1) is 6.92 Å². The average Bonchev–Trinajstić information content (AvgIpc) is 2.70. The quantitative estimate of drug-likeness (QED) is 0.805. The number of carbonyl (C=O) groups is 1. The minimum Gasteiger partial charge on any atom is -0.489 e. The molecule has 1 aromatic rings. The molecule has 1 aromatic carbocycles. The van der Waals surface area contributed by atoms with Gasteiger partial charge in [0.25, 0.3) is 0 Å². The van der Waals surface area contributed by atoms with Crippen molar-refractivity contribution in [2.75, 3.05) is 6.54 Å². The molecule has 16 heavy (non-hydrogen) atoms. The van der Waals surface area contributed by atoms with E-state index >= 15 is 0 Å². The van der Waals surface area contributed by atoms with E-state index in [1.165, 1.54) is 5.56 Å². The molecule has 0 bridgehead atoms. The van der Waals surface area contributed by atoms with E-state index in [0.717, 1.165) is 5.75 Å². The number of rotatable bonds is 3. The fourth-order valence-electron chi connectivity index (χ4n) is 1.79. The van der Waals surface area contributed by atoms with Gasteiger partial charge in [0.15, 0.2) is 0 Å². The van der Waals surface area contributed by atoms with Crippen molar-refractivity contribution in [2.45, 2.75) is 25.5 Å². The molecule has 1 heterocycles. The molecular formula is C12H15NO3. The second-order valence-electron chi connectivity index (χ2n) is 4.09. The Balaban J connectivity index is 1.92. The van der Waals surface area contributed by atoms with Gasteiger partial charge < -0.3 is 15.2 Å². The first-order chi connectivity index (χ1) is 7.65. The van der Waals surface area contributed by atoms with Gasteiger partial charge in [-0.1, -0.05) is 17.7 Å². The molecule has 1 fully saturated rings. The number of ether oxygens (including phenoxy) is 1. The van der Waals surface area contributed by atoms with Gasteiger partial charge in [0.05, 0.1) is 0 Å². The molecule has 1 saturated heterocycles. The zero-order chi connectivity index (χ0) is 11.5. The summed E-state index contributed by atoms with van der Waals surface area (Å²) in [5, 5.41) is 11.7. The molecule has 4 nitrogen and oxygen atoms in total. The Morgan fingerprint density at radius 3 is 2.69 bits per heavy atom. The fourth-order valence-corrected chi connectivity index (χ4v) is 1.79. The van der Waals surface area contributed by atoms with Crippen LogP contribution < -0.4 is 10.1 Å². The lowest BCUT2D eigenvalue weighted by Crippen LogP contribution is -2.30. The second kappa shape index (κ2) is 4.53. The van der Waals surface area contributed by atoms with Crippen LogP contribution >= 0.6 is 0 Å². The molecule has 2 N–H and O–H groups in total. The standard InChI is InChI=1S/C12H15NO3/c1-8-2-4-9(5-3-8)16-10-6-11(12(14)15)13-7-10/h2-5,10-11,13H,6-7H2,1H3,(H,14,15)/t10-,11-/m0/s1. The highest BCUT2D eigenvalue weighted by Crippen LogP contribution is 2.17. The lowest BCUT2D eigenvalue weighted by atomic mass is 10.2. The third-order valence-corrected chi connectivity index (χ3v) is 2.71. The highest BCUT2D eigenvalue weighted by atomic mass is 16.5. The van der Waals surface area contributed by atoms with Gasteiger partial charge in [-0.2, -0.15) is 0 Å². The zero-order valence-corrected chi connectivity index (χ0v) is 9.14. The largest absolute Gasteiger partial charge is 0.489 e. The van der Waals surface area contributed by atoms with Crippen LogP contribution in [-0.2, 0) is 4.79 Å². The van der Waals surface area contributed by atoms with E-state index in [-0.39, 0.29) is 6.10 Å². The Labute approximate surface area is 94.2 Å². The molecule has 0 amide bonds. The molecule has 0 aliphatic carbocycles. The van der Waals surface area contributed by atoms with Gasteiger partial charge in [-0.05, 0) is 19.1 Å². The van der Waals surface area contributed by atoms with Crippen molar-refractivity contribution in [3.05, 3.63) is 29.8 Å². The van der Waals surface area contributed by atoms with Crippen molar-refractivity contribution < 1.29 is 14.6 Å². The molecule has 0 unspecified atom stereocenters. The minimum atomic E-state index is -0.810. The molecule has 0 radical (unpaired) electrons. The van der Waals surface area contributed by atoms with Crippen LogP contribution in [0.3, 0.4) is 0 Å². The molecule has 0 spiro atoms. The summed E-state index contributed by atoms with van der Waals surface area (Å²) in [7, 11) is 0. The van der Waals surface area contributed by atoms with E-state index in [1.54, 1.807) is 0 Å². The van der Waals surface area contributed by atoms with Crippen molar-refractivity contribution in [1.29, 1.82) is 0 Å². The molecule has 0 aromatic heterocycles. The smallest absolute Gasteiger partial charge is 0.320 e. The van der Waals surface area contributed by atoms with Crippen molar-refractivity contribution in [2.24, 2.45) is 0 Å². The van der Waals surface area contributed by atoms with E-state index < -0.39 is 12.0 Å². The van der Waals surface area contributed by atoms with E-state index in [9.17, 15) is 4.79 Å². The number of benzene rings is 1. The number of hydrogen-bond donors (Lipinski definition) is 2. The van der Waals surface area contributed by atoms with Crippen molar-refractivity contribution in [3.63, 3.8) is 0 Å². The first-order valence-corrected chi connectivity index (χ1v) is 5.34. The number of carboxylic acid groups (broad SMARTS) is 1. The zero-order valence-electron chi connectivity index (χ0n) is 9.14. The van der Waals surface area contributed by atoms with E-state index in [0.29, 0.717) is 13.0 Å². The highest BCUT2D eigenvalue weighted by molar-refractivity contribution is 5.73. The van der Waals surface area contributed by atoms with Crippen LogP contribution in [0.2, 0.25) is 0 Å². The van der Waals surface area contributed by atoms with Crippen LogP contribution in [0.4, 0.5) is 0 Å². The summed E-state index contributed by atoms with van der Waals surface area (Å²) >= 11 is 0. The maximum Gasteiger partial charge on any atom is 0.320 e. The summed E-state index contributed by atoms with van der Waals surface area (Å²) in [6.07, 6.45) is 0.465. The van der Waals surface area contributed by atoms with Crippen molar-refractivity contribution in [3.8, 4) is 5.75 Å². The van der Waals surface area contributed by atoms with Gasteiger partial charge in [-0.25, -0.2) is 0 Å². The van der Waals surface area contributed by atoms with Gasteiger partial charge in [0, 0.05) is 13.0 Å². The second-order valence-corrected chi connectivity index (χ2v) is 4.09. The summed E-state index contributed by atoms with van der Waals surface area (Å²) in [5.74, 6) is -0.0153. The Hall–Kier alpha value is -1.55. The van der Waals surface area contributed by atoms with Crippen LogP contribution in [0.15, 0.2) is 24.3 Å². The van der Waals surface area contributed by atoms with Gasteiger partial charge in [0.2, 0.25) is 0 Å². The molecule has 0 saturated carbocycles. The van der Waals surface area contributed by atoms with Gasteiger partial charge in [0.1, 0.15) is 17.9 Å². The third-order valence-electron chi connectivity index (χ3n) is 2.71. The van der Waals surface area contributed by atoms with Gasteiger partial charge >= 0.3 is 5.97 Å². The number of nitrogens with one attached hydrogen (secondary N) is 1. The molecule has 86 valence electrons. The summed E-state index contributed by atoms with van der Waals surface area (Å²) in [6.45, 7) is 2.60. The third kappa shape index (κ3) is 2.52. The lowest BCUT2D eigenvalue weighted by molar-refractivity contribution is -0.139.